The number of rotatable bonds is 10. The number of benzene rings is 1. The fourth-order valence-electron chi connectivity index (χ4n) is 3.64. The third kappa shape index (κ3) is 7.99. The predicted molar refractivity (Wildman–Crippen MR) is 152 cm³/mol. The molecule has 4 N–H and O–H groups in total. The number of nitrogens with zero attached hydrogens (tertiary/aromatic N) is 2. The first-order valence-electron chi connectivity index (χ1n) is 11.7. The van der Waals surface area contributed by atoms with Crippen LogP contribution in [0.1, 0.15) is 23.4 Å². The molecule has 35 heavy (non-hydrogen) atoms. The fraction of sp³-hybridized carbons (Fsp3) is 0.172. The fourth-order valence-corrected chi connectivity index (χ4v) is 5.59. The minimum atomic E-state index is 0.146. The standard InChI is InChI=1S/C29H31N4S2/c30-26-13-7-24(8-14-26)11-17-28-5-1-3-19-32(28)21-22-34-35-23-33-20-4-2-6-29(33)18-12-25-9-15-27(31)16-10-25/h1-13,15-20,26,31H,14,21-23,30H2/q+1/p+1/b17-11+. The molecule has 0 radical (unpaired) electrons. The molecule has 4 nitrogen and oxygen atoms in total. The van der Waals surface area contributed by atoms with Crippen LogP contribution in [0.4, 0.5) is 5.69 Å². The summed E-state index contributed by atoms with van der Waals surface area (Å²) in [5.41, 5.74) is 17.2. The highest BCUT2D eigenvalue weighted by molar-refractivity contribution is 8.76. The molecule has 6 heteroatoms. The highest BCUT2D eigenvalue weighted by Gasteiger charge is 2.10. The van der Waals surface area contributed by atoms with Crippen molar-refractivity contribution in [2.45, 2.75) is 24.9 Å². The van der Waals surface area contributed by atoms with Crippen LogP contribution in [-0.2, 0) is 12.4 Å². The van der Waals surface area contributed by atoms with Crippen molar-refractivity contribution in [1.82, 2.24) is 0 Å². The zero-order chi connectivity index (χ0) is 24.3. The molecule has 2 heterocycles. The van der Waals surface area contributed by atoms with Gasteiger partial charge in [0, 0.05) is 48.1 Å². The van der Waals surface area contributed by atoms with Gasteiger partial charge in [0.2, 0.25) is 17.3 Å². The van der Waals surface area contributed by atoms with Gasteiger partial charge in [-0.2, -0.15) is 9.13 Å². The van der Waals surface area contributed by atoms with E-state index < -0.39 is 0 Å². The summed E-state index contributed by atoms with van der Waals surface area (Å²) in [6.45, 7) is 0.960. The molecule has 0 fully saturated rings. The van der Waals surface area contributed by atoms with Gasteiger partial charge in [-0.05, 0) is 64.8 Å². The van der Waals surface area contributed by atoms with Gasteiger partial charge in [0.15, 0.2) is 18.9 Å². The lowest BCUT2D eigenvalue weighted by molar-refractivity contribution is -0.694. The van der Waals surface area contributed by atoms with Crippen molar-refractivity contribution < 1.29 is 9.13 Å². The predicted octanol–water partition coefficient (Wildman–Crippen LogP) is 5.28. The Kier molecular flexibility index (Phi) is 9.40. The molecule has 1 aliphatic rings. The Bertz CT molecular complexity index is 1230. The Morgan fingerprint density at radius 2 is 1.54 bits per heavy atom. The van der Waals surface area contributed by atoms with E-state index in [0.29, 0.717) is 0 Å². The molecule has 1 aromatic carbocycles. The van der Waals surface area contributed by atoms with Crippen LogP contribution in [0.15, 0.2) is 103 Å². The molecule has 2 aromatic heterocycles. The van der Waals surface area contributed by atoms with E-state index in [1.165, 1.54) is 17.0 Å². The van der Waals surface area contributed by atoms with E-state index in [1.807, 2.05) is 45.9 Å². The van der Waals surface area contributed by atoms with Crippen LogP contribution in [0.25, 0.3) is 18.2 Å². The third-order valence-corrected chi connectivity index (χ3v) is 7.85. The Morgan fingerprint density at radius 3 is 2.29 bits per heavy atom. The minimum absolute atomic E-state index is 0.146. The molecule has 0 spiro atoms. The van der Waals surface area contributed by atoms with Gasteiger partial charge in [-0.1, -0.05) is 41.2 Å². The van der Waals surface area contributed by atoms with E-state index in [9.17, 15) is 0 Å². The molecule has 4 rings (SSSR count). The quantitative estimate of drug-likeness (QED) is 0.172. The molecule has 0 amide bonds. The second-order valence-electron chi connectivity index (χ2n) is 8.28. The van der Waals surface area contributed by atoms with Gasteiger partial charge in [0.05, 0.1) is 5.75 Å². The number of hydrogen-bond donors (Lipinski definition) is 2. The van der Waals surface area contributed by atoms with Crippen molar-refractivity contribution in [2.24, 2.45) is 5.73 Å². The van der Waals surface area contributed by atoms with Crippen LogP contribution >= 0.6 is 21.6 Å². The lowest BCUT2D eigenvalue weighted by Gasteiger charge is -2.08. The smallest absolute Gasteiger partial charge is 0.205 e. The van der Waals surface area contributed by atoms with Gasteiger partial charge < -0.3 is 11.5 Å². The Labute approximate surface area is 216 Å². The van der Waals surface area contributed by atoms with Crippen LogP contribution in [0, 0.1) is 0 Å². The molecule has 0 aliphatic heterocycles. The number of anilines is 1. The summed E-state index contributed by atoms with van der Waals surface area (Å²) in [7, 11) is 3.77. The first kappa shape index (κ1) is 25.0. The molecule has 1 aliphatic carbocycles. The number of aromatic nitrogens is 2. The van der Waals surface area contributed by atoms with Gasteiger partial charge in [0.25, 0.3) is 0 Å². The summed E-state index contributed by atoms with van der Waals surface area (Å²) in [4.78, 5) is 0. The summed E-state index contributed by atoms with van der Waals surface area (Å²) in [6.07, 6.45) is 20.2. The Hall–Kier alpha value is -3.06. The zero-order valence-electron chi connectivity index (χ0n) is 19.7. The van der Waals surface area contributed by atoms with E-state index in [2.05, 4.69) is 100 Å². The minimum Gasteiger partial charge on any atom is -0.399 e. The zero-order valence-corrected chi connectivity index (χ0v) is 21.4. The lowest BCUT2D eigenvalue weighted by Crippen LogP contribution is -2.37. The topological polar surface area (TPSA) is 59.8 Å². The van der Waals surface area contributed by atoms with E-state index >= 15 is 0 Å². The number of pyridine rings is 2. The maximum absolute atomic E-state index is 5.92. The van der Waals surface area contributed by atoms with Gasteiger partial charge in [-0.25, -0.2) is 0 Å². The summed E-state index contributed by atoms with van der Waals surface area (Å²) in [5, 5.41) is 0. The maximum Gasteiger partial charge on any atom is 0.205 e. The Balaban J connectivity index is 1.28. The number of hydrogen-bond acceptors (Lipinski definition) is 4. The van der Waals surface area contributed by atoms with E-state index in [-0.39, 0.29) is 6.04 Å². The molecule has 0 saturated carbocycles. The lowest BCUT2D eigenvalue weighted by atomic mass is 10.0. The Morgan fingerprint density at radius 1 is 0.829 bits per heavy atom. The first-order chi connectivity index (χ1) is 17.2. The molecule has 0 saturated heterocycles. The molecule has 0 bridgehead atoms. The number of nitrogens with two attached hydrogens (primary N) is 2. The molecule has 1 atom stereocenters. The van der Waals surface area contributed by atoms with Crippen molar-refractivity contribution in [3.63, 3.8) is 0 Å². The molecular formula is C29H32N4S2+2. The van der Waals surface area contributed by atoms with Crippen LogP contribution in [0.2, 0.25) is 0 Å². The van der Waals surface area contributed by atoms with Crippen LogP contribution < -0.4 is 20.6 Å². The van der Waals surface area contributed by atoms with Crippen molar-refractivity contribution in [3.05, 3.63) is 120 Å². The van der Waals surface area contributed by atoms with Crippen molar-refractivity contribution in [2.75, 3.05) is 11.5 Å². The highest BCUT2D eigenvalue weighted by Crippen LogP contribution is 2.21. The normalized spacial score (nSPS) is 15.7. The number of aryl methyl sites for hydroxylation is 1. The summed E-state index contributed by atoms with van der Waals surface area (Å²) in [6, 6.07) is 20.7. The van der Waals surface area contributed by atoms with Gasteiger partial charge in [-0.3, -0.25) is 0 Å². The molecule has 1 unspecified atom stereocenters. The summed E-state index contributed by atoms with van der Waals surface area (Å²) >= 11 is 0. The monoisotopic (exact) mass is 500 g/mol. The van der Waals surface area contributed by atoms with E-state index in [4.69, 9.17) is 11.5 Å². The van der Waals surface area contributed by atoms with Crippen molar-refractivity contribution in [1.29, 1.82) is 0 Å². The van der Waals surface area contributed by atoms with Crippen molar-refractivity contribution in [3.8, 4) is 0 Å². The van der Waals surface area contributed by atoms with Crippen LogP contribution in [0.5, 0.6) is 0 Å². The molecule has 178 valence electrons. The number of allylic oxidation sites excluding steroid dienone is 3. The average molecular weight is 501 g/mol. The summed E-state index contributed by atoms with van der Waals surface area (Å²) in [5.74, 6) is 1.92. The summed E-state index contributed by atoms with van der Waals surface area (Å²) < 4.78 is 4.58. The molecular weight excluding hydrogens is 468 g/mol. The molecule has 3 aromatic rings. The van der Waals surface area contributed by atoms with Crippen molar-refractivity contribution >= 4 is 45.5 Å². The largest absolute Gasteiger partial charge is 0.399 e. The van der Waals surface area contributed by atoms with E-state index in [0.717, 1.165) is 35.8 Å². The average Bonchev–Trinajstić information content (AvgIpc) is 2.89. The SMILES string of the molecule is Nc1ccc(/C=C/c2cccc[n+]2CSSCC[n+]2ccccc2/C=C/C2=CCC(N)C=C2)cc1. The third-order valence-electron chi connectivity index (χ3n) is 5.63. The van der Waals surface area contributed by atoms with Crippen LogP contribution in [-0.4, -0.2) is 11.8 Å². The maximum atomic E-state index is 5.92. The van der Waals surface area contributed by atoms with Gasteiger partial charge >= 0.3 is 0 Å². The second-order valence-corrected chi connectivity index (χ2v) is 10.8. The van der Waals surface area contributed by atoms with E-state index in [1.54, 1.807) is 0 Å². The highest BCUT2D eigenvalue weighted by atomic mass is 33.1. The van der Waals surface area contributed by atoms with Crippen LogP contribution in [0.3, 0.4) is 0 Å². The first-order valence-corrected chi connectivity index (χ1v) is 14.2. The van der Waals surface area contributed by atoms with Gasteiger partial charge in [-0.15, -0.1) is 0 Å². The second kappa shape index (κ2) is 13.1. The van der Waals surface area contributed by atoms with Gasteiger partial charge in [0.1, 0.15) is 0 Å². The number of nitrogen functional groups attached to an aromatic ring is 1.